The van der Waals surface area contributed by atoms with Crippen molar-refractivity contribution >= 4 is 90.3 Å². The molecule has 0 aromatic heterocycles. The van der Waals surface area contributed by atoms with Gasteiger partial charge in [0.15, 0.2) is 0 Å². The Morgan fingerprint density at radius 1 is 0.240 bits per heavy atom. The molecular formula is C100H130F12N6O32. The van der Waals surface area contributed by atoms with Crippen LogP contribution in [0.2, 0.25) is 0 Å². The van der Waals surface area contributed by atoms with Crippen molar-refractivity contribution in [3.8, 4) is 22.3 Å². The van der Waals surface area contributed by atoms with Gasteiger partial charge >= 0.3 is 24.7 Å². The van der Waals surface area contributed by atoms with Crippen LogP contribution in [0.4, 0.5) is 52.7 Å². The predicted octanol–water partition coefficient (Wildman–Crippen LogP) is 9.23. The first-order valence-corrected chi connectivity index (χ1v) is 48.1. The van der Waals surface area contributed by atoms with E-state index in [1.807, 2.05) is 0 Å². The fraction of sp³-hybridized carbons (Fsp3) is 0.600. The van der Waals surface area contributed by atoms with E-state index in [1.165, 1.54) is 56.9 Å². The standard InChI is InChI=1S/C100H130F12N6O32/c1-127-13-21-135-29-37-143-55-69(56-144-38-30-136-22-14-128-2)113-83(119)53-81(91(121)115-71(59-147-41-33-139-25-17-131-5)60-148-42-34-140-26-18-132-6)117-93(123)75-11-9-73-86-78(64-47-67(99(107,108)109)50-68(48-64)100(110,111)112)52-80-88-76(12-10-74(90(86)88)85-77(51-79(95(117)125)87(75)89(73)85)63-45-65(97(101,102)103)49-66(46-63)98(104,105)106)94(124)118(96(80)126)82(92(122)116-72(61-149-43-35-141-27-19-133-7)62-150-44-36-142-28-20-134-8)54-84(120)114-70(57-145-39-31-137-23-15-129-3)58-146-40-32-138-24-16-130-4/h9-12,45-52,69-72,81-82H,13-44,53-62H2,1-8H3,(H,113,119)(H,114,120)(H,115,121)(H,116,122). The zero-order valence-electron chi connectivity index (χ0n) is 84.6. The van der Waals surface area contributed by atoms with Gasteiger partial charge in [0.1, 0.15) is 12.1 Å². The Hall–Kier alpha value is -9.80. The molecule has 0 radical (unpaired) electrons. The molecule has 50 heteroatoms. The predicted molar refractivity (Wildman–Crippen MR) is 512 cm³/mol. The van der Waals surface area contributed by atoms with E-state index in [0.717, 1.165) is 36.4 Å². The number of methoxy groups -OCH3 is 8. The summed E-state index contributed by atoms with van der Waals surface area (Å²) in [5, 5.41) is 6.32. The van der Waals surface area contributed by atoms with Gasteiger partial charge in [0, 0.05) is 89.9 Å². The number of carbonyl (C=O) groups is 8. The summed E-state index contributed by atoms with van der Waals surface area (Å²) in [6, 6.07) is -3.68. The van der Waals surface area contributed by atoms with Gasteiger partial charge < -0.3 is 135 Å². The van der Waals surface area contributed by atoms with E-state index in [9.17, 15) is 0 Å². The van der Waals surface area contributed by atoms with Crippen molar-refractivity contribution in [2.24, 2.45) is 0 Å². The Kier molecular flexibility index (Phi) is 52.6. The third kappa shape index (κ3) is 37.3. The lowest BCUT2D eigenvalue weighted by Gasteiger charge is -2.36. The number of imide groups is 2. The maximum Gasteiger partial charge on any atom is 0.416 e. The normalized spacial score (nSPS) is 13.7. The average Bonchev–Trinajstić information content (AvgIpc) is 0.673. The zero-order valence-corrected chi connectivity index (χ0v) is 84.6. The van der Waals surface area contributed by atoms with Crippen LogP contribution in [0.15, 0.2) is 72.8 Å². The average molecular weight is 2160 g/mol. The smallest absolute Gasteiger partial charge is 0.382 e. The van der Waals surface area contributed by atoms with E-state index >= 15 is 91.0 Å². The molecule has 38 nitrogen and oxygen atoms in total. The summed E-state index contributed by atoms with van der Waals surface area (Å²) < 4.78 is 321. The minimum atomic E-state index is -5.68. The number of halogens is 12. The first-order valence-electron chi connectivity index (χ1n) is 48.1. The summed E-state index contributed by atoms with van der Waals surface area (Å²) in [5.41, 5.74) is -14.7. The van der Waals surface area contributed by atoms with Crippen LogP contribution in [0.1, 0.15) is 76.5 Å². The number of amides is 8. The van der Waals surface area contributed by atoms with E-state index in [0.29, 0.717) is 9.80 Å². The molecule has 0 bridgehead atoms. The Labute approximate surface area is 857 Å². The Bertz CT molecular complexity index is 4940. The van der Waals surface area contributed by atoms with Gasteiger partial charge in [-0.3, -0.25) is 48.2 Å². The lowest BCUT2D eigenvalue weighted by atomic mass is 9.77. The number of fused-ring (bicyclic) bond motifs is 2. The number of hydrogen-bond donors (Lipinski definition) is 4. The molecule has 2 aliphatic heterocycles. The van der Waals surface area contributed by atoms with E-state index in [-0.39, 0.29) is 274 Å². The van der Waals surface area contributed by atoms with Crippen molar-refractivity contribution in [2.45, 2.75) is 73.8 Å². The summed E-state index contributed by atoms with van der Waals surface area (Å²) in [6.45, 7) is -1.15. The number of nitrogens with zero attached hydrogens (tertiary/aromatic N) is 2. The van der Waals surface area contributed by atoms with E-state index in [1.54, 1.807) is 0 Å². The number of hydrogen-bond acceptors (Lipinski definition) is 32. The molecule has 0 aliphatic carbocycles. The number of nitrogens with one attached hydrogen (secondary N) is 4. The molecule has 2 aliphatic rings. The van der Waals surface area contributed by atoms with Crippen LogP contribution in [0.3, 0.4) is 0 Å². The molecule has 7 aromatic rings. The van der Waals surface area contributed by atoms with Gasteiger partial charge in [-0.25, -0.2) is 0 Å². The first kappa shape index (κ1) is 124. The lowest BCUT2D eigenvalue weighted by molar-refractivity contribution is -0.144. The highest BCUT2D eigenvalue weighted by molar-refractivity contribution is 6.45. The topological polar surface area (TPSA) is 413 Å². The fourth-order valence-corrected chi connectivity index (χ4v) is 16.1. The summed E-state index contributed by atoms with van der Waals surface area (Å²) in [5.74, 6) is -11.1. The van der Waals surface area contributed by atoms with Crippen molar-refractivity contribution < 1.29 is 205 Å². The van der Waals surface area contributed by atoms with E-state index in [2.05, 4.69) is 21.3 Å². The molecule has 9 rings (SSSR count). The summed E-state index contributed by atoms with van der Waals surface area (Å²) in [6.07, 6.45) is -25.1. The number of ether oxygens (including phenoxy) is 24. The van der Waals surface area contributed by atoms with Gasteiger partial charge in [-0.2, -0.15) is 52.7 Å². The molecule has 2 atom stereocenters. The minimum Gasteiger partial charge on any atom is -0.382 e. The highest BCUT2D eigenvalue weighted by Gasteiger charge is 2.49. The highest BCUT2D eigenvalue weighted by atomic mass is 19.4. The van der Waals surface area contributed by atoms with Crippen LogP contribution in [0, 0.1) is 0 Å². The Morgan fingerprint density at radius 2 is 0.440 bits per heavy atom. The molecule has 0 saturated heterocycles. The second-order valence-electron chi connectivity index (χ2n) is 33.9. The third-order valence-corrected chi connectivity index (χ3v) is 23.1. The second kappa shape index (κ2) is 63.8. The maximum atomic E-state index is 16.7. The van der Waals surface area contributed by atoms with Crippen LogP contribution in [0.5, 0.6) is 0 Å². The van der Waals surface area contributed by atoms with Gasteiger partial charge in [0.05, 0.1) is 324 Å². The monoisotopic (exact) mass is 2150 g/mol. The minimum absolute atomic E-state index is 0.0169. The molecule has 0 fully saturated rings. The van der Waals surface area contributed by atoms with Crippen molar-refractivity contribution in [3.05, 3.63) is 117 Å². The summed E-state index contributed by atoms with van der Waals surface area (Å²) in [7, 11) is 11.6. The van der Waals surface area contributed by atoms with E-state index < -0.39 is 257 Å². The number of benzene rings is 7. The van der Waals surface area contributed by atoms with Crippen molar-refractivity contribution in [1.82, 2.24) is 31.1 Å². The molecule has 0 saturated carbocycles. The molecule has 0 spiro atoms. The van der Waals surface area contributed by atoms with Crippen molar-refractivity contribution in [1.29, 1.82) is 0 Å². The number of carbonyl (C=O) groups excluding carboxylic acids is 8. The molecule has 150 heavy (non-hydrogen) atoms. The third-order valence-electron chi connectivity index (χ3n) is 23.1. The van der Waals surface area contributed by atoms with Gasteiger partial charge in [-0.05, 0) is 115 Å². The van der Waals surface area contributed by atoms with E-state index in [4.69, 9.17) is 114 Å². The number of alkyl halides is 12. The van der Waals surface area contributed by atoms with Gasteiger partial charge in [0.25, 0.3) is 23.6 Å². The highest BCUT2D eigenvalue weighted by Crippen LogP contribution is 2.54. The van der Waals surface area contributed by atoms with Crippen molar-refractivity contribution in [3.63, 3.8) is 0 Å². The summed E-state index contributed by atoms with van der Waals surface area (Å²) >= 11 is 0. The van der Waals surface area contributed by atoms with Crippen molar-refractivity contribution in [2.75, 3.05) is 321 Å². The molecule has 4 N–H and O–H groups in total. The second-order valence-corrected chi connectivity index (χ2v) is 33.9. The molecular weight excluding hydrogens is 2030 g/mol. The molecule has 836 valence electrons. The quantitative estimate of drug-likeness (QED) is 0.00906. The molecule has 7 aromatic carbocycles. The van der Waals surface area contributed by atoms with Gasteiger partial charge in [0.2, 0.25) is 23.6 Å². The number of rotatable bonds is 78. The zero-order chi connectivity index (χ0) is 109. The Balaban J connectivity index is 1.33. The van der Waals surface area contributed by atoms with Crippen LogP contribution < -0.4 is 21.3 Å². The lowest BCUT2D eigenvalue weighted by Crippen LogP contribution is -2.58. The van der Waals surface area contributed by atoms with Crippen LogP contribution >= 0.6 is 0 Å². The maximum absolute atomic E-state index is 16.7. The first-order chi connectivity index (χ1) is 72.1. The van der Waals surface area contributed by atoms with Crippen LogP contribution in [-0.4, -0.2) is 414 Å². The molecule has 2 unspecified atom stereocenters. The fourth-order valence-electron chi connectivity index (χ4n) is 16.1. The SMILES string of the molecule is COCCOCCOCC(COCCOCCOC)NC(=O)CC(C(=O)NC(COCCOCCOC)COCCOCCOC)N1C(=O)c2ccc3c4c(-c5cc(C(F)(F)F)cc(C(F)(F)F)c5)cc5c6c(ccc(c7c(-c8cc(C(F)(F)F)cc(C(F)(F)F)c8)cc(c2c37)C1=O)c64)C(=O)N(C(CC(=O)NC(COCCOCCOC)COCCOCCOC)C(=O)NC(COCCOCCOC)COCCOCCOC)C5=O. The van der Waals surface area contributed by atoms with Crippen LogP contribution in [-0.2, 0) is 158 Å². The molecule has 2 heterocycles. The molecule has 8 amide bonds. The largest absolute Gasteiger partial charge is 0.416 e. The van der Waals surface area contributed by atoms with Gasteiger partial charge in [-0.15, -0.1) is 0 Å². The van der Waals surface area contributed by atoms with Crippen LogP contribution in [0.25, 0.3) is 65.3 Å². The summed E-state index contributed by atoms with van der Waals surface area (Å²) in [4.78, 5) is 129. The van der Waals surface area contributed by atoms with Gasteiger partial charge in [-0.1, -0.05) is 12.1 Å². The Morgan fingerprint density at radius 3 is 0.653 bits per heavy atom.